The topological polar surface area (TPSA) is 4.36 Å². The molecular weight excluding hydrogens is 191 g/mol. The zero-order chi connectivity index (χ0) is 10.6. The second-order valence-electron chi connectivity index (χ2n) is 2.82. The number of rotatable bonds is 3. The summed E-state index contributed by atoms with van der Waals surface area (Å²) in [6, 6.07) is 4.73. The number of hydrogen-bond donors (Lipinski definition) is 0. The first-order valence-corrected chi connectivity index (χ1v) is 4.04. The lowest BCUT2D eigenvalue weighted by atomic mass is 10.1. The fourth-order valence-corrected chi connectivity index (χ4v) is 1.09. The van der Waals surface area contributed by atoms with Gasteiger partial charge in [-0.05, 0) is 6.07 Å². The number of benzene rings is 1. The van der Waals surface area contributed by atoms with Gasteiger partial charge < -0.3 is 4.85 Å². The Labute approximate surface area is 80.0 Å². The average Bonchev–Trinajstić information content (AvgIpc) is 2.15. The number of nitrogens with zero attached hydrogens (tertiary/aromatic N) is 1. The highest BCUT2D eigenvalue weighted by atomic mass is 19.3. The van der Waals surface area contributed by atoms with Gasteiger partial charge in [0.25, 0.3) is 5.92 Å². The van der Waals surface area contributed by atoms with E-state index in [1.54, 1.807) is 0 Å². The van der Waals surface area contributed by atoms with Crippen molar-refractivity contribution in [2.45, 2.75) is 12.3 Å². The fraction of sp³-hybridized carbons (Fsp3) is 0.300. The molecule has 0 bridgehead atoms. The van der Waals surface area contributed by atoms with Crippen LogP contribution >= 0.6 is 0 Å². The molecule has 1 aromatic carbocycles. The predicted molar refractivity (Wildman–Crippen MR) is 46.4 cm³/mol. The first-order chi connectivity index (χ1) is 6.58. The summed E-state index contributed by atoms with van der Waals surface area (Å²) in [5.74, 6) is -4.18. The lowest BCUT2D eigenvalue weighted by Crippen LogP contribution is -2.16. The van der Waals surface area contributed by atoms with Crippen LogP contribution in [0.4, 0.5) is 13.2 Å². The van der Waals surface area contributed by atoms with Crippen LogP contribution in [0.15, 0.2) is 24.3 Å². The molecule has 0 amide bonds. The van der Waals surface area contributed by atoms with Gasteiger partial charge >= 0.3 is 0 Å². The van der Waals surface area contributed by atoms with Crippen LogP contribution in [-0.2, 0) is 5.92 Å². The molecule has 0 radical (unpaired) electrons. The second kappa shape index (κ2) is 4.14. The molecule has 1 rings (SSSR count). The molecule has 0 aliphatic rings. The van der Waals surface area contributed by atoms with Crippen LogP contribution < -0.4 is 0 Å². The SMILES string of the molecule is [C-]#[N+]CCC(F)(F)c1ccccc1F. The van der Waals surface area contributed by atoms with Crippen molar-refractivity contribution < 1.29 is 13.2 Å². The third-order valence-corrected chi connectivity index (χ3v) is 1.81. The number of hydrogen-bond acceptors (Lipinski definition) is 0. The Bertz CT molecular complexity index is 355. The van der Waals surface area contributed by atoms with Gasteiger partial charge in [0.2, 0.25) is 6.54 Å². The third-order valence-electron chi connectivity index (χ3n) is 1.81. The van der Waals surface area contributed by atoms with E-state index in [0.29, 0.717) is 0 Å². The Morgan fingerprint density at radius 1 is 1.29 bits per heavy atom. The number of halogens is 3. The maximum absolute atomic E-state index is 13.2. The van der Waals surface area contributed by atoms with Gasteiger partial charge in [0.05, 0.1) is 12.0 Å². The molecule has 1 nitrogen and oxygen atoms in total. The van der Waals surface area contributed by atoms with Crippen LogP contribution in [0.1, 0.15) is 12.0 Å². The summed E-state index contributed by atoms with van der Waals surface area (Å²) in [4.78, 5) is 2.82. The zero-order valence-corrected chi connectivity index (χ0v) is 7.30. The van der Waals surface area contributed by atoms with Crippen LogP contribution in [0.25, 0.3) is 4.85 Å². The van der Waals surface area contributed by atoms with Crippen molar-refractivity contribution in [1.82, 2.24) is 0 Å². The van der Waals surface area contributed by atoms with Crippen molar-refractivity contribution >= 4 is 0 Å². The normalized spacial score (nSPS) is 11.0. The van der Waals surface area contributed by atoms with Gasteiger partial charge in [0.1, 0.15) is 5.82 Å². The van der Waals surface area contributed by atoms with E-state index < -0.39 is 23.7 Å². The summed E-state index contributed by atoms with van der Waals surface area (Å²) in [6.07, 6.45) is -0.641. The maximum atomic E-state index is 13.2. The Morgan fingerprint density at radius 3 is 2.50 bits per heavy atom. The molecule has 4 heteroatoms. The highest BCUT2D eigenvalue weighted by molar-refractivity contribution is 5.22. The standard InChI is InChI=1S/C10H8F3N/c1-14-7-6-10(12,13)8-4-2-3-5-9(8)11/h2-5H,6-7H2. The van der Waals surface area contributed by atoms with Crippen LogP contribution in [0, 0.1) is 12.4 Å². The predicted octanol–water partition coefficient (Wildman–Crippen LogP) is 3.23. The van der Waals surface area contributed by atoms with Gasteiger partial charge in [-0.25, -0.2) is 19.7 Å². The van der Waals surface area contributed by atoms with E-state index in [4.69, 9.17) is 6.57 Å². The van der Waals surface area contributed by atoms with Gasteiger partial charge in [-0.3, -0.25) is 0 Å². The minimum absolute atomic E-state index is 0.304. The molecule has 0 atom stereocenters. The van der Waals surface area contributed by atoms with Gasteiger partial charge in [-0.1, -0.05) is 18.2 Å². The summed E-state index contributed by atoms with van der Waals surface area (Å²) in [5, 5.41) is 0. The molecule has 0 N–H and O–H groups in total. The lowest BCUT2D eigenvalue weighted by Gasteiger charge is -2.14. The van der Waals surface area contributed by atoms with Crippen LogP contribution in [0.2, 0.25) is 0 Å². The molecule has 0 saturated carbocycles. The van der Waals surface area contributed by atoms with Crippen molar-refractivity contribution in [2.24, 2.45) is 0 Å². The summed E-state index contributed by atoms with van der Waals surface area (Å²) in [5.41, 5.74) is -0.636. The fourth-order valence-electron chi connectivity index (χ4n) is 1.09. The highest BCUT2D eigenvalue weighted by Gasteiger charge is 2.34. The first kappa shape index (κ1) is 10.6. The molecule has 1 aromatic rings. The van der Waals surface area contributed by atoms with E-state index in [9.17, 15) is 13.2 Å². The molecule has 0 aliphatic carbocycles. The molecule has 0 heterocycles. The summed E-state index contributed by atoms with van der Waals surface area (Å²) >= 11 is 0. The average molecular weight is 199 g/mol. The van der Waals surface area contributed by atoms with Gasteiger partial charge in [0.15, 0.2) is 0 Å². The van der Waals surface area contributed by atoms with E-state index in [-0.39, 0.29) is 6.54 Å². The van der Waals surface area contributed by atoms with Crippen molar-refractivity contribution in [3.05, 3.63) is 47.1 Å². The smallest absolute Gasteiger partial charge is 0.283 e. The molecule has 0 spiro atoms. The summed E-state index contributed by atoms with van der Waals surface area (Å²) < 4.78 is 39.4. The summed E-state index contributed by atoms with van der Waals surface area (Å²) in [6.45, 7) is 6.09. The van der Waals surface area contributed by atoms with E-state index in [1.807, 2.05) is 0 Å². The van der Waals surface area contributed by atoms with E-state index in [1.165, 1.54) is 12.1 Å². The third kappa shape index (κ3) is 2.25. The van der Waals surface area contributed by atoms with E-state index >= 15 is 0 Å². The van der Waals surface area contributed by atoms with Crippen LogP contribution in [-0.4, -0.2) is 6.54 Å². The molecule has 0 saturated heterocycles. The van der Waals surface area contributed by atoms with Crippen LogP contribution in [0.3, 0.4) is 0 Å². The molecular formula is C10H8F3N. The Kier molecular flexibility index (Phi) is 3.13. The van der Waals surface area contributed by atoms with E-state index in [0.717, 1.165) is 12.1 Å². The van der Waals surface area contributed by atoms with Gasteiger partial charge in [0, 0.05) is 0 Å². The molecule has 74 valence electrons. The lowest BCUT2D eigenvalue weighted by molar-refractivity contribution is -0.0123. The molecule has 0 aliphatic heterocycles. The van der Waals surface area contributed by atoms with Gasteiger partial charge in [-0.15, -0.1) is 0 Å². The zero-order valence-electron chi connectivity index (χ0n) is 7.30. The minimum Gasteiger partial charge on any atom is -0.317 e. The monoisotopic (exact) mass is 199 g/mol. The first-order valence-electron chi connectivity index (χ1n) is 4.04. The Balaban J connectivity index is 2.92. The second-order valence-corrected chi connectivity index (χ2v) is 2.82. The van der Waals surface area contributed by atoms with E-state index in [2.05, 4.69) is 4.85 Å². The highest BCUT2D eigenvalue weighted by Crippen LogP contribution is 2.33. The minimum atomic E-state index is -3.25. The molecule has 0 fully saturated rings. The van der Waals surface area contributed by atoms with Crippen molar-refractivity contribution in [3.8, 4) is 0 Å². The van der Waals surface area contributed by atoms with Crippen molar-refractivity contribution in [3.63, 3.8) is 0 Å². The Hall–Kier alpha value is -1.50. The molecule has 0 unspecified atom stereocenters. The quantitative estimate of drug-likeness (QED) is 0.658. The van der Waals surface area contributed by atoms with Crippen molar-refractivity contribution in [1.29, 1.82) is 0 Å². The number of alkyl halides is 2. The largest absolute Gasteiger partial charge is 0.317 e. The maximum Gasteiger partial charge on any atom is 0.283 e. The van der Waals surface area contributed by atoms with Gasteiger partial charge in [-0.2, -0.15) is 0 Å². The molecule has 0 aromatic heterocycles. The van der Waals surface area contributed by atoms with Crippen LogP contribution in [0.5, 0.6) is 0 Å². The Morgan fingerprint density at radius 2 is 1.93 bits per heavy atom. The van der Waals surface area contributed by atoms with Crippen molar-refractivity contribution in [2.75, 3.05) is 6.54 Å². The summed E-state index contributed by atoms with van der Waals surface area (Å²) in [7, 11) is 0. The molecule has 14 heavy (non-hydrogen) atoms.